The fourth-order valence-corrected chi connectivity index (χ4v) is 4.27. The van der Waals surface area contributed by atoms with E-state index < -0.39 is 0 Å². The van der Waals surface area contributed by atoms with Crippen LogP contribution in [0.1, 0.15) is 63.8 Å². The number of hydrazine groups is 1. The number of methoxy groups -OCH3 is 1. The molecule has 0 bridgehead atoms. The van der Waals surface area contributed by atoms with E-state index in [2.05, 4.69) is 104 Å². The third-order valence-electron chi connectivity index (χ3n) is 6.37. The van der Waals surface area contributed by atoms with Gasteiger partial charge in [-0.3, -0.25) is 10.0 Å². The number of hydrogen-bond acceptors (Lipinski definition) is 4. The largest absolute Gasteiger partial charge is 0.495 e. The number of aryl methyl sites for hydroxylation is 2. The van der Waals surface area contributed by atoms with E-state index in [4.69, 9.17) is 4.74 Å². The van der Waals surface area contributed by atoms with Crippen molar-refractivity contribution in [3.63, 3.8) is 0 Å². The van der Waals surface area contributed by atoms with Crippen LogP contribution in [0.15, 0.2) is 72.3 Å². The summed E-state index contributed by atoms with van der Waals surface area (Å²) in [5, 5.41) is 4.90. The molecule has 1 aromatic heterocycles. The molecule has 0 unspecified atom stereocenters. The number of hydrogen-bond donors (Lipinski definition) is 0. The number of rotatable bonds is 12. The van der Waals surface area contributed by atoms with Crippen LogP contribution in [0, 0.1) is 13.8 Å². The number of allylic oxidation sites excluding steroid dienone is 2. The molecule has 0 saturated carbocycles. The SMILES string of the molecule is CCCN(C(C=Cc1ccc(-n2cnc(C)c2)c(OC)c1)=C(C)CC)N(CCC)c1ccc(C)cc1. The lowest BCUT2D eigenvalue weighted by Gasteiger charge is -2.40. The van der Waals surface area contributed by atoms with Crippen LogP contribution in [-0.4, -0.2) is 34.8 Å². The average Bonchev–Trinajstić information content (AvgIpc) is 3.33. The number of benzene rings is 2. The zero-order valence-electron chi connectivity index (χ0n) is 23.1. The van der Waals surface area contributed by atoms with Crippen LogP contribution in [0.3, 0.4) is 0 Å². The number of aromatic nitrogens is 2. The van der Waals surface area contributed by atoms with E-state index in [1.807, 2.05) is 24.0 Å². The Kier molecular flexibility index (Phi) is 9.80. The predicted octanol–water partition coefficient (Wildman–Crippen LogP) is 7.74. The van der Waals surface area contributed by atoms with E-state index in [-0.39, 0.29) is 0 Å². The number of ether oxygens (including phenoxy) is 1. The van der Waals surface area contributed by atoms with Gasteiger partial charge < -0.3 is 9.30 Å². The van der Waals surface area contributed by atoms with Gasteiger partial charge in [0.15, 0.2) is 0 Å². The van der Waals surface area contributed by atoms with Gasteiger partial charge in [-0.1, -0.05) is 50.6 Å². The zero-order chi connectivity index (χ0) is 26.1. The Morgan fingerprint density at radius 2 is 1.72 bits per heavy atom. The van der Waals surface area contributed by atoms with Gasteiger partial charge >= 0.3 is 0 Å². The lowest BCUT2D eigenvalue weighted by molar-refractivity contribution is 0.319. The van der Waals surface area contributed by atoms with Crippen molar-refractivity contribution in [3.8, 4) is 11.4 Å². The highest BCUT2D eigenvalue weighted by molar-refractivity contribution is 5.60. The molecule has 5 nitrogen and oxygen atoms in total. The van der Waals surface area contributed by atoms with Gasteiger partial charge in [-0.05, 0) is 81.5 Å². The summed E-state index contributed by atoms with van der Waals surface area (Å²) in [5.74, 6) is 0.824. The van der Waals surface area contributed by atoms with E-state index in [1.54, 1.807) is 7.11 Å². The first-order valence-corrected chi connectivity index (χ1v) is 13.1. The van der Waals surface area contributed by atoms with E-state index in [0.717, 1.165) is 55.0 Å². The van der Waals surface area contributed by atoms with Crippen molar-refractivity contribution in [2.75, 3.05) is 25.2 Å². The van der Waals surface area contributed by atoms with Crippen molar-refractivity contribution in [1.82, 2.24) is 14.6 Å². The Labute approximate surface area is 217 Å². The number of anilines is 1. The van der Waals surface area contributed by atoms with E-state index >= 15 is 0 Å². The van der Waals surface area contributed by atoms with Crippen LogP contribution in [0.2, 0.25) is 0 Å². The highest BCUT2D eigenvalue weighted by Gasteiger charge is 2.18. The van der Waals surface area contributed by atoms with Crippen molar-refractivity contribution in [2.24, 2.45) is 0 Å². The van der Waals surface area contributed by atoms with Crippen LogP contribution in [0.4, 0.5) is 5.69 Å². The van der Waals surface area contributed by atoms with Gasteiger partial charge in [-0.2, -0.15) is 0 Å². The summed E-state index contributed by atoms with van der Waals surface area (Å²) >= 11 is 0. The molecule has 36 heavy (non-hydrogen) atoms. The van der Waals surface area contributed by atoms with Crippen molar-refractivity contribution in [1.29, 1.82) is 0 Å². The highest BCUT2D eigenvalue weighted by atomic mass is 16.5. The second-order valence-electron chi connectivity index (χ2n) is 9.29. The van der Waals surface area contributed by atoms with Gasteiger partial charge in [0.1, 0.15) is 5.75 Å². The molecular formula is C31H42N4O. The van der Waals surface area contributed by atoms with Crippen molar-refractivity contribution < 1.29 is 4.74 Å². The summed E-state index contributed by atoms with van der Waals surface area (Å²) in [5.41, 5.74) is 8.19. The first-order chi connectivity index (χ1) is 17.4. The summed E-state index contributed by atoms with van der Waals surface area (Å²) in [4.78, 5) is 4.35. The molecule has 2 aromatic carbocycles. The Hall–Kier alpha value is -3.47. The lowest BCUT2D eigenvalue weighted by Crippen LogP contribution is -2.43. The van der Waals surface area contributed by atoms with Gasteiger partial charge in [-0.15, -0.1) is 0 Å². The van der Waals surface area contributed by atoms with Crippen LogP contribution < -0.4 is 9.75 Å². The topological polar surface area (TPSA) is 33.5 Å². The first-order valence-electron chi connectivity index (χ1n) is 13.1. The Bertz CT molecular complexity index is 1170. The van der Waals surface area contributed by atoms with Gasteiger partial charge in [-0.25, -0.2) is 4.98 Å². The third-order valence-corrected chi connectivity index (χ3v) is 6.37. The van der Waals surface area contributed by atoms with E-state index in [1.165, 1.54) is 22.5 Å². The maximum Gasteiger partial charge on any atom is 0.143 e. The molecule has 0 atom stereocenters. The van der Waals surface area contributed by atoms with Crippen LogP contribution in [0.25, 0.3) is 11.8 Å². The normalized spacial score (nSPS) is 12.1. The minimum absolute atomic E-state index is 0.824. The Morgan fingerprint density at radius 3 is 2.31 bits per heavy atom. The zero-order valence-corrected chi connectivity index (χ0v) is 23.1. The smallest absolute Gasteiger partial charge is 0.143 e. The molecule has 3 aromatic rings. The standard InChI is InChI=1S/C31H42N4O/c1-8-19-34(28-15-11-24(4)12-16-28)35(20-9-2)29(25(5)10-3)17-13-27-14-18-30(31(21-27)36-7)33-22-26(6)32-23-33/h11-18,21-23H,8-10,19-20H2,1-7H3. The van der Waals surface area contributed by atoms with Crippen LogP contribution in [0.5, 0.6) is 5.75 Å². The van der Waals surface area contributed by atoms with Gasteiger partial charge in [0, 0.05) is 19.3 Å². The molecule has 0 spiro atoms. The third kappa shape index (κ3) is 6.60. The molecule has 3 rings (SSSR count). The highest BCUT2D eigenvalue weighted by Crippen LogP contribution is 2.28. The van der Waals surface area contributed by atoms with Crippen LogP contribution >= 0.6 is 0 Å². The lowest BCUT2D eigenvalue weighted by atomic mass is 10.1. The van der Waals surface area contributed by atoms with E-state index in [9.17, 15) is 0 Å². The molecule has 0 aliphatic heterocycles. The quantitative estimate of drug-likeness (QED) is 0.194. The summed E-state index contributed by atoms with van der Waals surface area (Å²) in [6.45, 7) is 15.0. The van der Waals surface area contributed by atoms with Crippen molar-refractivity contribution in [3.05, 3.63) is 89.2 Å². The van der Waals surface area contributed by atoms with Gasteiger partial charge in [0.25, 0.3) is 0 Å². The molecule has 0 radical (unpaired) electrons. The molecule has 0 amide bonds. The number of nitrogens with zero attached hydrogens (tertiary/aromatic N) is 4. The van der Waals surface area contributed by atoms with E-state index in [0.29, 0.717) is 0 Å². The first kappa shape index (κ1) is 27.1. The monoisotopic (exact) mass is 486 g/mol. The molecule has 1 heterocycles. The fourth-order valence-electron chi connectivity index (χ4n) is 4.27. The van der Waals surface area contributed by atoms with Gasteiger partial charge in [0.2, 0.25) is 0 Å². The summed E-state index contributed by atoms with van der Waals surface area (Å²) in [7, 11) is 1.72. The molecule has 0 aliphatic rings. The molecule has 5 heteroatoms. The molecule has 0 fully saturated rings. The second-order valence-corrected chi connectivity index (χ2v) is 9.29. The summed E-state index contributed by atoms with van der Waals surface area (Å²) < 4.78 is 7.74. The Morgan fingerprint density at radius 1 is 1.00 bits per heavy atom. The average molecular weight is 487 g/mol. The van der Waals surface area contributed by atoms with Crippen LogP contribution in [-0.2, 0) is 0 Å². The molecule has 192 valence electrons. The molecule has 0 N–H and O–H groups in total. The second kappa shape index (κ2) is 13.0. The minimum atomic E-state index is 0.824. The molecular weight excluding hydrogens is 444 g/mol. The maximum atomic E-state index is 5.74. The van der Waals surface area contributed by atoms with Crippen molar-refractivity contribution >= 4 is 11.8 Å². The fraction of sp³-hybridized carbons (Fsp3) is 0.387. The van der Waals surface area contributed by atoms with Gasteiger partial charge in [0.05, 0.1) is 36.2 Å². The predicted molar refractivity (Wildman–Crippen MR) is 153 cm³/mol. The number of imidazole rings is 1. The summed E-state index contributed by atoms with van der Waals surface area (Å²) in [6.07, 6.45) is 11.4. The maximum absolute atomic E-state index is 5.74. The minimum Gasteiger partial charge on any atom is -0.495 e. The molecule has 0 aliphatic carbocycles. The Balaban J connectivity index is 1.99. The molecule has 0 saturated heterocycles. The summed E-state index contributed by atoms with van der Waals surface area (Å²) in [6, 6.07) is 15.2. The van der Waals surface area contributed by atoms with Crippen molar-refractivity contribution in [2.45, 2.75) is 60.8 Å².